The molecule has 0 aliphatic heterocycles. The fourth-order valence-electron chi connectivity index (χ4n) is 0.442. The van der Waals surface area contributed by atoms with Gasteiger partial charge in [0.2, 0.25) is 0 Å². The smallest absolute Gasteiger partial charge is 0.433 e. The molecule has 0 radical (unpaired) electrons. The van der Waals surface area contributed by atoms with E-state index >= 15 is 0 Å². The molecule has 5 heteroatoms. The Bertz CT molecular complexity index is 380. The van der Waals surface area contributed by atoms with Gasteiger partial charge in [0.25, 0.3) is 0 Å². The van der Waals surface area contributed by atoms with Crippen LogP contribution in [0.4, 0.5) is 13.2 Å². The lowest BCUT2D eigenvalue weighted by Gasteiger charge is -2.03. The van der Waals surface area contributed by atoms with Crippen LogP contribution in [-0.4, -0.2) is 10.1 Å². The molecule has 0 aliphatic rings. The van der Waals surface area contributed by atoms with E-state index in [0.717, 1.165) is 0 Å². The summed E-state index contributed by atoms with van der Waals surface area (Å²) in [5.74, 6) is -1.18. The molecule has 0 fully saturated rings. The summed E-state index contributed by atoms with van der Waals surface area (Å²) in [6, 6.07) is -2.17. The maximum atomic E-state index is 12.1. The minimum atomic E-state index is -4.90. The second-order valence-corrected chi connectivity index (χ2v) is 1.67. The highest BCUT2D eigenvalue weighted by molar-refractivity contribution is 5.22. The van der Waals surface area contributed by atoms with Crippen LogP contribution in [0.2, 0.25) is 0 Å². The van der Waals surface area contributed by atoms with E-state index < -0.39 is 35.9 Å². The number of alkyl halides is 3. The molecule has 1 N–H and O–H groups in total. The summed E-state index contributed by atoms with van der Waals surface area (Å²) in [4.78, 5) is 2.71. The molecule has 0 aromatic carbocycles. The van der Waals surface area contributed by atoms with Crippen molar-refractivity contribution < 1.29 is 22.4 Å². The van der Waals surface area contributed by atoms with E-state index in [1.54, 1.807) is 0 Å². The molecule has 1 aromatic rings. The van der Waals surface area contributed by atoms with Gasteiger partial charge < -0.3 is 5.11 Å². The van der Waals surface area contributed by atoms with Crippen LogP contribution in [0.25, 0.3) is 0 Å². The molecule has 1 rings (SSSR count). The summed E-state index contributed by atoms with van der Waals surface area (Å²) in [6.45, 7) is 0. The summed E-state index contributed by atoms with van der Waals surface area (Å²) in [6.07, 6.45) is -5.91. The maximum absolute atomic E-state index is 12.1. The second-order valence-electron chi connectivity index (χ2n) is 1.67. The first-order chi connectivity index (χ1) is 6.25. The quantitative estimate of drug-likeness (QED) is 0.637. The van der Waals surface area contributed by atoms with Gasteiger partial charge in [-0.3, -0.25) is 4.98 Å². The second kappa shape index (κ2) is 2.41. The summed E-state index contributed by atoms with van der Waals surface area (Å²) in [5, 5.41) is 8.90. The Morgan fingerprint density at radius 2 is 2.18 bits per heavy atom. The number of aromatic nitrogens is 1. The van der Waals surface area contributed by atoms with Crippen molar-refractivity contribution in [2.24, 2.45) is 0 Å². The van der Waals surface area contributed by atoms with E-state index in [1.807, 2.05) is 0 Å². The lowest BCUT2D eigenvalue weighted by atomic mass is 10.3. The van der Waals surface area contributed by atoms with Crippen molar-refractivity contribution in [1.29, 1.82) is 0 Å². The van der Waals surface area contributed by atoms with Gasteiger partial charge in [-0.05, 0) is 6.04 Å². The lowest BCUT2D eigenvalue weighted by molar-refractivity contribution is -0.141. The normalized spacial score (nSPS) is 15.4. The van der Waals surface area contributed by atoms with Crippen LogP contribution in [0.3, 0.4) is 0 Å². The van der Waals surface area contributed by atoms with Crippen LogP contribution in [0.15, 0.2) is 18.3 Å². The van der Waals surface area contributed by atoms with Crippen LogP contribution in [0, 0.1) is 0 Å². The van der Waals surface area contributed by atoms with Crippen LogP contribution in [0.1, 0.15) is 9.81 Å². The molecule has 1 aromatic heterocycles. The zero-order valence-corrected chi connectivity index (χ0v) is 5.03. The highest BCUT2D eigenvalue weighted by atomic mass is 19.4. The molecule has 0 saturated heterocycles. The fraction of sp³-hybridized carbons (Fsp3) is 0.167. The molecule has 1 heterocycles. The Balaban J connectivity index is 3.49. The predicted octanol–water partition coefficient (Wildman–Crippen LogP) is 1.81. The molecule has 0 unspecified atom stereocenters. The van der Waals surface area contributed by atoms with Gasteiger partial charge in [0.15, 0.2) is 0 Å². The summed E-state index contributed by atoms with van der Waals surface area (Å²) in [7, 11) is 0. The van der Waals surface area contributed by atoms with Gasteiger partial charge in [0.05, 0.1) is 4.11 Å². The number of rotatable bonds is 0. The van der Waals surface area contributed by atoms with E-state index in [9.17, 15) is 13.2 Å². The first kappa shape index (κ1) is 4.58. The molecule has 0 amide bonds. The third-order valence-corrected chi connectivity index (χ3v) is 0.847. The van der Waals surface area contributed by atoms with E-state index in [1.165, 1.54) is 0 Å². The van der Waals surface area contributed by atoms with Gasteiger partial charge >= 0.3 is 6.18 Å². The Morgan fingerprint density at radius 3 is 2.73 bits per heavy atom. The highest BCUT2D eigenvalue weighted by Gasteiger charge is 2.32. The van der Waals surface area contributed by atoms with E-state index in [0.29, 0.717) is 0 Å². The topological polar surface area (TPSA) is 33.1 Å². The molecule has 0 atom stereocenters. The number of nitrogens with zero attached hydrogens (tertiary/aromatic N) is 1. The Hall–Kier alpha value is -1.26. The third kappa shape index (κ3) is 1.83. The first-order valence-electron chi connectivity index (χ1n) is 3.99. The number of pyridine rings is 1. The van der Waals surface area contributed by atoms with Crippen molar-refractivity contribution in [2.75, 3.05) is 0 Å². The molecule has 2 nitrogen and oxygen atoms in total. The van der Waals surface area contributed by atoms with Gasteiger partial charge in [0, 0.05) is 12.2 Å². The van der Waals surface area contributed by atoms with E-state index in [-0.39, 0.29) is 0 Å². The molecule has 0 spiro atoms. The average molecular weight is 166 g/mol. The summed E-state index contributed by atoms with van der Waals surface area (Å²) < 4.78 is 56.9. The largest absolute Gasteiger partial charge is 0.508 e. The van der Waals surface area contributed by atoms with Crippen molar-refractivity contribution >= 4 is 0 Å². The predicted molar refractivity (Wildman–Crippen MR) is 30.9 cm³/mol. The maximum Gasteiger partial charge on any atom is 0.433 e. The molecule has 0 bridgehead atoms. The molecule has 60 valence electrons. The number of aromatic hydroxyl groups is 1. The third-order valence-electron chi connectivity index (χ3n) is 0.847. The zero-order valence-electron chi connectivity index (χ0n) is 8.03. The molecule has 0 saturated carbocycles. The van der Waals surface area contributed by atoms with Crippen molar-refractivity contribution in [2.45, 2.75) is 6.18 Å². The van der Waals surface area contributed by atoms with Gasteiger partial charge in [0.1, 0.15) is 11.4 Å². The summed E-state index contributed by atoms with van der Waals surface area (Å²) >= 11 is 0. The Labute approximate surface area is 64.5 Å². The number of hydrogen-bond donors (Lipinski definition) is 1. The average Bonchev–Trinajstić information content (AvgIpc) is 2.06. The Kier molecular flexibility index (Phi) is 1.00. The minimum absolute atomic E-state index is 0.886. The number of halogens is 3. The molecule has 0 aliphatic carbocycles. The van der Waals surface area contributed by atoms with Gasteiger partial charge in [-0.1, -0.05) is 0 Å². The van der Waals surface area contributed by atoms with Gasteiger partial charge in [-0.25, -0.2) is 0 Å². The van der Waals surface area contributed by atoms with Crippen molar-refractivity contribution in [3.63, 3.8) is 0 Å². The van der Waals surface area contributed by atoms with Crippen LogP contribution < -0.4 is 0 Å². The minimum Gasteiger partial charge on any atom is -0.508 e. The number of hydrogen-bond acceptors (Lipinski definition) is 2. The highest BCUT2D eigenvalue weighted by Crippen LogP contribution is 2.28. The van der Waals surface area contributed by atoms with Crippen LogP contribution in [0.5, 0.6) is 5.75 Å². The molecular formula is C6H4F3NO. The van der Waals surface area contributed by atoms with Gasteiger partial charge in [-0.15, -0.1) is 0 Å². The lowest BCUT2D eigenvalue weighted by Crippen LogP contribution is -2.06. The van der Waals surface area contributed by atoms with E-state index in [4.69, 9.17) is 9.22 Å². The van der Waals surface area contributed by atoms with Crippen molar-refractivity contribution in [1.82, 2.24) is 4.98 Å². The SMILES string of the molecule is [2H]c1nc(C(F)(F)F)c([2H])c(O)c1[2H]. The summed E-state index contributed by atoms with van der Waals surface area (Å²) in [5.41, 5.74) is -1.66. The first-order valence-corrected chi connectivity index (χ1v) is 2.49. The molecular weight excluding hydrogens is 159 g/mol. The van der Waals surface area contributed by atoms with Crippen molar-refractivity contribution in [3.8, 4) is 5.75 Å². The molecule has 11 heavy (non-hydrogen) atoms. The fourth-order valence-corrected chi connectivity index (χ4v) is 0.442. The van der Waals surface area contributed by atoms with Crippen LogP contribution in [-0.2, 0) is 6.18 Å². The monoisotopic (exact) mass is 166 g/mol. The van der Waals surface area contributed by atoms with Gasteiger partial charge in [-0.2, -0.15) is 13.2 Å². The van der Waals surface area contributed by atoms with Crippen LogP contribution >= 0.6 is 0 Å². The standard InChI is InChI=1S/C6H4F3NO/c7-6(8,9)5-3-4(11)1-2-10-5/h1-3H,(H,10,11)/i1D,2D,3D. The van der Waals surface area contributed by atoms with Crippen molar-refractivity contribution in [3.05, 3.63) is 24.0 Å². The van der Waals surface area contributed by atoms with E-state index in [2.05, 4.69) is 4.98 Å². The zero-order chi connectivity index (χ0) is 11.1. The Morgan fingerprint density at radius 1 is 1.55 bits per heavy atom.